The van der Waals surface area contributed by atoms with Crippen molar-refractivity contribution in [2.24, 2.45) is 11.1 Å². The zero-order valence-electron chi connectivity index (χ0n) is 12.0. The molecule has 0 unspecified atom stereocenters. The summed E-state index contributed by atoms with van der Waals surface area (Å²) in [7, 11) is 0. The van der Waals surface area contributed by atoms with E-state index in [2.05, 4.69) is 13.0 Å². The molecule has 0 heterocycles. The molecule has 0 saturated heterocycles. The molecule has 1 aliphatic rings. The lowest BCUT2D eigenvalue weighted by Crippen LogP contribution is -2.35. The minimum atomic E-state index is 0.0670. The van der Waals surface area contributed by atoms with E-state index in [1.165, 1.54) is 24.8 Å². The highest BCUT2D eigenvalue weighted by Crippen LogP contribution is 2.39. The Morgan fingerprint density at radius 3 is 2.63 bits per heavy atom. The van der Waals surface area contributed by atoms with Crippen molar-refractivity contribution in [3.63, 3.8) is 0 Å². The average molecular weight is 259 g/mol. The maximum atomic E-state index is 12.5. The molecule has 0 aliphatic heterocycles. The van der Waals surface area contributed by atoms with Crippen LogP contribution in [0.5, 0.6) is 0 Å². The molecular formula is C17H25NO. The monoisotopic (exact) mass is 259 g/mol. The summed E-state index contributed by atoms with van der Waals surface area (Å²) in [6.07, 6.45) is 7.56. The van der Waals surface area contributed by atoms with E-state index in [9.17, 15) is 4.79 Å². The summed E-state index contributed by atoms with van der Waals surface area (Å²) in [5.41, 5.74) is 8.13. The Balaban J connectivity index is 2.10. The Morgan fingerprint density at radius 1 is 1.26 bits per heavy atom. The van der Waals surface area contributed by atoms with Gasteiger partial charge in [-0.3, -0.25) is 4.79 Å². The van der Waals surface area contributed by atoms with Crippen molar-refractivity contribution < 1.29 is 4.79 Å². The number of aryl methyl sites for hydroxylation is 1. The van der Waals surface area contributed by atoms with Gasteiger partial charge in [-0.2, -0.15) is 0 Å². The first-order valence-electron chi connectivity index (χ1n) is 7.51. The van der Waals surface area contributed by atoms with Gasteiger partial charge >= 0.3 is 0 Å². The molecule has 0 spiro atoms. The molecule has 2 N–H and O–H groups in total. The van der Waals surface area contributed by atoms with Crippen LogP contribution in [-0.4, -0.2) is 12.3 Å². The fraction of sp³-hybridized carbons (Fsp3) is 0.588. The molecular weight excluding hydrogens is 234 g/mol. The Bertz CT molecular complexity index is 433. The van der Waals surface area contributed by atoms with E-state index in [1.807, 2.05) is 18.2 Å². The van der Waals surface area contributed by atoms with Crippen molar-refractivity contribution in [3.8, 4) is 0 Å². The molecule has 0 aromatic heterocycles. The quantitative estimate of drug-likeness (QED) is 0.819. The van der Waals surface area contributed by atoms with Crippen LogP contribution in [0.3, 0.4) is 0 Å². The van der Waals surface area contributed by atoms with Gasteiger partial charge in [0, 0.05) is 12.0 Å². The van der Waals surface area contributed by atoms with Crippen LogP contribution < -0.4 is 5.73 Å². The molecule has 2 heteroatoms. The third-order valence-electron chi connectivity index (χ3n) is 4.54. The third-order valence-corrected chi connectivity index (χ3v) is 4.54. The average Bonchev–Trinajstić information content (AvgIpc) is 2.48. The maximum absolute atomic E-state index is 12.5. The van der Waals surface area contributed by atoms with Crippen molar-refractivity contribution in [1.29, 1.82) is 0 Å². The van der Waals surface area contributed by atoms with Crippen molar-refractivity contribution in [3.05, 3.63) is 35.4 Å². The Kier molecular flexibility index (Phi) is 4.76. The van der Waals surface area contributed by atoms with Gasteiger partial charge in [0.25, 0.3) is 0 Å². The molecule has 1 aromatic rings. The topological polar surface area (TPSA) is 43.1 Å². The van der Waals surface area contributed by atoms with Crippen molar-refractivity contribution in [2.45, 2.75) is 51.9 Å². The lowest BCUT2D eigenvalue weighted by atomic mass is 9.70. The highest BCUT2D eigenvalue weighted by molar-refractivity contribution is 5.96. The fourth-order valence-corrected chi connectivity index (χ4v) is 3.16. The van der Waals surface area contributed by atoms with E-state index in [4.69, 9.17) is 5.73 Å². The highest BCUT2D eigenvalue weighted by Gasteiger charge is 2.33. The second kappa shape index (κ2) is 6.33. The number of nitrogens with two attached hydrogens (primary N) is 1. The number of carbonyl (C=O) groups is 1. The maximum Gasteiger partial charge on any atom is 0.163 e. The summed E-state index contributed by atoms with van der Waals surface area (Å²) in [5, 5.41) is 0. The van der Waals surface area contributed by atoms with Crippen LogP contribution in [0.15, 0.2) is 24.3 Å². The zero-order valence-corrected chi connectivity index (χ0v) is 12.0. The van der Waals surface area contributed by atoms with Gasteiger partial charge < -0.3 is 5.73 Å². The number of carbonyl (C=O) groups excluding carboxylic acids is 1. The first-order valence-corrected chi connectivity index (χ1v) is 7.51. The summed E-state index contributed by atoms with van der Waals surface area (Å²) >= 11 is 0. The van der Waals surface area contributed by atoms with Gasteiger partial charge in [0.1, 0.15) is 0 Å². The predicted molar refractivity (Wildman–Crippen MR) is 79.3 cm³/mol. The largest absolute Gasteiger partial charge is 0.330 e. The second-order valence-corrected chi connectivity index (χ2v) is 5.92. The van der Waals surface area contributed by atoms with Gasteiger partial charge in [0.15, 0.2) is 5.78 Å². The Morgan fingerprint density at radius 2 is 2.00 bits per heavy atom. The normalized spacial score (nSPS) is 18.2. The van der Waals surface area contributed by atoms with Crippen molar-refractivity contribution in [1.82, 2.24) is 0 Å². The van der Waals surface area contributed by atoms with Gasteiger partial charge in [-0.05, 0) is 42.9 Å². The summed E-state index contributed by atoms with van der Waals surface area (Å²) in [4.78, 5) is 12.5. The van der Waals surface area contributed by atoms with Gasteiger partial charge in [-0.25, -0.2) is 0 Å². The first kappa shape index (κ1) is 14.3. The molecule has 0 amide bonds. The molecule has 1 saturated carbocycles. The van der Waals surface area contributed by atoms with Gasteiger partial charge in [-0.1, -0.05) is 44.4 Å². The minimum absolute atomic E-state index is 0.0670. The molecule has 19 heavy (non-hydrogen) atoms. The standard InChI is InChI=1S/C17H25NO/c1-2-14-7-6-8-15(11-14)16(19)12-17(13-18)9-4-3-5-10-17/h6-8,11H,2-5,9-10,12-13,18H2,1H3. The SMILES string of the molecule is CCc1cccc(C(=O)CC2(CN)CCCCC2)c1. The van der Waals surface area contributed by atoms with Crippen LogP contribution in [0, 0.1) is 5.41 Å². The van der Waals surface area contributed by atoms with Crippen LogP contribution >= 0.6 is 0 Å². The predicted octanol–water partition coefficient (Wildman–Crippen LogP) is 3.73. The van der Waals surface area contributed by atoms with E-state index in [1.54, 1.807) is 0 Å². The van der Waals surface area contributed by atoms with Crippen LogP contribution in [0.1, 0.15) is 61.4 Å². The van der Waals surface area contributed by atoms with Crippen LogP contribution in [0.2, 0.25) is 0 Å². The van der Waals surface area contributed by atoms with E-state index in [-0.39, 0.29) is 11.2 Å². The Labute approximate surface area is 116 Å². The number of hydrogen-bond acceptors (Lipinski definition) is 2. The van der Waals surface area contributed by atoms with E-state index < -0.39 is 0 Å². The van der Waals surface area contributed by atoms with Crippen molar-refractivity contribution >= 4 is 5.78 Å². The number of ketones is 1. The summed E-state index contributed by atoms with van der Waals surface area (Å²) in [6, 6.07) is 8.04. The second-order valence-electron chi connectivity index (χ2n) is 5.92. The summed E-state index contributed by atoms with van der Waals surface area (Å²) in [6.45, 7) is 2.76. The number of rotatable bonds is 5. The molecule has 2 rings (SSSR count). The summed E-state index contributed by atoms with van der Waals surface area (Å²) in [5.74, 6) is 0.266. The number of hydrogen-bond donors (Lipinski definition) is 1. The molecule has 104 valence electrons. The molecule has 1 aliphatic carbocycles. The third kappa shape index (κ3) is 3.44. The van der Waals surface area contributed by atoms with Crippen LogP contribution in [0.25, 0.3) is 0 Å². The molecule has 0 radical (unpaired) electrons. The van der Waals surface area contributed by atoms with Gasteiger partial charge in [0.05, 0.1) is 0 Å². The van der Waals surface area contributed by atoms with Gasteiger partial charge in [-0.15, -0.1) is 0 Å². The molecule has 1 fully saturated rings. The molecule has 2 nitrogen and oxygen atoms in total. The van der Waals surface area contributed by atoms with Crippen LogP contribution in [-0.2, 0) is 6.42 Å². The molecule has 0 bridgehead atoms. The summed E-state index contributed by atoms with van der Waals surface area (Å²) < 4.78 is 0. The number of Topliss-reactive ketones (excluding diaryl/α,β-unsaturated/α-hetero) is 1. The molecule has 1 aromatic carbocycles. The lowest BCUT2D eigenvalue weighted by molar-refractivity contribution is 0.0868. The van der Waals surface area contributed by atoms with E-state index >= 15 is 0 Å². The Hall–Kier alpha value is -1.15. The lowest BCUT2D eigenvalue weighted by Gasteiger charge is -2.35. The van der Waals surface area contributed by atoms with E-state index in [0.29, 0.717) is 13.0 Å². The zero-order chi connectivity index (χ0) is 13.7. The minimum Gasteiger partial charge on any atom is -0.330 e. The first-order chi connectivity index (χ1) is 9.19. The fourth-order valence-electron chi connectivity index (χ4n) is 3.16. The van der Waals surface area contributed by atoms with E-state index in [0.717, 1.165) is 24.8 Å². The number of benzene rings is 1. The molecule has 0 atom stereocenters. The highest BCUT2D eigenvalue weighted by atomic mass is 16.1. The van der Waals surface area contributed by atoms with Crippen molar-refractivity contribution in [2.75, 3.05) is 6.54 Å². The smallest absolute Gasteiger partial charge is 0.163 e. The van der Waals surface area contributed by atoms with Crippen LogP contribution in [0.4, 0.5) is 0 Å². The van der Waals surface area contributed by atoms with Gasteiger partial charge in [0.2, 0.25) is 0 Å².